The van der Waals surface area contributed by atoms with Gasteiger partial charge in [0.25, 0.3) is 0 Å². The van der Waals surface area contributed by atoms with Crippen LogP contribution in [0.3, 0.4) is 0 Å². The lowest BCUT2D eigenvalue weighted by Gasteiger charge is -2.10. The molecule has 6 heteroatoms. The predicted molar refractivity (Wildman–Crippen MR) is 76.2 cm³/mol. The van der Waals surface area contributed by atoms with E-state index in [4.69, 9.17) is 10.5 Å². The molecule has 0 radical (unpaired) electrons. The average Bonchev–Trinajstić information content (AvgIpc) is 2.40. The van der Waals surface area contributed by atoms with E-state index in [9.17, 15) is 8.78 Å². The van der Waals surface area contributed by atoms with Crippen LogP contribution < -0.4 is 10.5 Å². The second-order valence-corrected chi connectivity index (χ2v) is 5.38. The Labute approximate surface area is 125 Å². The van der Waals surface area contributed by atoms with Gasteiger partial charge in [-0.2, -0.15) is 0 Å². The molecule has 0 saturated heterocycles. The maximum Gasteiger partial charge on any atom is 0.180 e. The Morgan fingerprint density at radius 2 is 1.84 bits per heavy atom. The molecule has 0 aliphatic carbocycles. The van der Waals surface area contributed by atoms with Crippen molar-refractivity contribution in [3.63, 3.8) is 0 Å². The van der Waals surface area contributed by atoms with Crippen LogP contribution in [0.1, 0.15) is 5.56 Å². The number of hydrogen-bond acceptors (Lipinski definition) is 2. The third kappa shape index (κ3) is 3.13. The smallest absolute Gasteiger partial charge is 0.180 e. The fraction of sp³-hybridized carbons (Fsp3) is 0.0769. The molecule has 2 aromatic carbocycles. The normalized spacial score (nSPS) is 10.6. The molecule has 2 N–H and O–H groups in total. The zero-order chi connectivity index (χ0) is 14.0. The topological polar surface area (TPSA) is 35.2 Å². The van der Waals surface area contributed by atoms with E-state index in [0.717, 1.165) is 0 Å². The number of hydrogen-bond donors (Lipinski definition) is 1. The molecule has 2 nitrogen and oxygen atoms in total. The van der Waals surface area contributed by atoms with E-state index >= 15 is 0 Å². The highest BCUT2D eigenvalue weighted by molar-refractivity contribution is 9.10. The molecule has 0 heterocycles. The molecule has 0 unspecified atom stereocenters. The first-order chi connectivity index (χ1) is 9.02. The Bertz CT molecular complexity index is 620. The van der Waals surface area contributed by atoms with Crippen LogP contribution in [0.25, 0.3) is 0 Å². The molecule has 0 aliphatic heterocycles. The van der Waals surface area contributed by atoms with E-state index in [1.165, 1.54) is 24.3 Å². The van der Waals surface area contributed by atoms with Crippen LogP contribution in [0.4, 0.5) is 8.78 Å². The SMILES string of the molecule is NCc1ccc(Oc2ccc(Br)c(F)c2)c(F)c1Br. The Hall–Kier alpha value is -0.980. The second-order valence-electron chi connectivity index (χ2n) is 3.73. The van der Waals surface area contributed by atoms with Crippen LogP contribution in [-0.2, 0) is 6.54 Å². The monoisotopic (exact) mass is 391 g/mol. The van der Waals surface area contributed by atoms with Crippen molar-refractivity contribution in [2.45, 2.75) is 6.54 Å². The van der Waals surface area contributed by atoms with Crippen LogP contribution in [0, 0.1) is 11.6 Å². The van der Waals surface area contributed by atoms with E-state index in [1.807, 2.05) is 0 Å². The zero-order valence-corrected chi connectivity index (χ0v) is 12.8. The van der Waals surface area contributed by atoms with Crippen molar-refractivity contribution in [2.24, 2.45) is 5.73 Å². The van der Waals surface area contributed by atoms with Crippen molar-refractivity contribution in [1.82, 2.24) is 0 Å². The van der Waals surface area contributed by atoms with Gasteiger partial charge in [0.15, 0.2) is 11.6 Å². The first kappa shape index (κ1) is 14.4. The van der Waals surface area contributed by atoms with E-state index in [2.05, 4.69) is 31.9 Å². The van der Waals surface area contributed by atoms with E-state index < -0.39 is 11.6 Å². The molecule has 0 bridgehead atoms. The summed E-state index contributed by atoms with van der Waals surface area (Å²) in [6.07, 6.45) is 0. The van der Waals surface area contributed by atoms with Crippen LogP contribution in [0.2, 0.25) is 0 Å². The van der Waals surface area contributed by atoms with Gasteiger partial charge in [-0.1, -0.05) is 6.07 Å². The Kier molecular flexibility index (Phi) is 4.54. The number of rotatable bonds is 3. The van der Waals surface area contributed by atoms with Gasteiger partial charge in [0, 0.05) is 12.6 Å². The molecule has 2 rings (SSSR count). The van der Waals surface area contributed by atoms with Crippen LogP contribution in [0.15, 0.2) is 39.3 Å². The van der Waals surface area contributed by atoms with Crippen molar-refractivity contribution >= 4 is 31.9 Å². The number of ether oxygens (including phenoxy) is 1. The van der Waals surface area contributed by atoms with Gasteiger partial charge in [0.1, 0.15) is 11.6 Å². The van der Waals surface area contributed by atoms with Crippen molar-refractivity contribution in [1.29, 1.82) is 0 Å². The van der Waals surface area contributed by atoms with Gasteiger partial charge in [-0.15, -0.1) is 0 Å². The fourth-order valence-electron chi connectivity index (χ4n) is 1.48. The summed E-state index contributed by atoms with van der Waals surface area (Å²) in [5, 5.41) is 0. The van der Waals surface area contributed by atoms with Gasteiger partial charge in [-0.05, 0) is 55.6 Å². The number of halogens is 4. The molecule has 0 atom stereocenters. The highest BCUT2D eigenvalue weighted by atomic mass is 79.9. The Morgan fingerprint density at radius 3 is 2.47 bits per heavy atom. The highest BCUT2D eigenvalue weighted by Crippen LogP contribution is 2.32. The molecule has 0 aromatic heterocycles. The average molecular weight is 393 g/mol. The summed E-state index contributed by atoms with van der Waals surface area (Å²) in [6, 6.07) is 7.32. The summed E-state index contributed by atoms with van der Waals surface area (Å²) in [5.74, 6) is -0.820. The van der Waals surface area contributed by atoms with Crippen molar-refractivity contribution in [3.05, 3.63) is 56.5 Å². The van der Waals surface area contributed by atoms with Gasteiger partial charge in [0.05, 0.1) is 8.95 Å². The maximum atomic E-state index is 14.0. The summed E-state index contributed by atoms with van der Waals surface area (Å²) in [7, 11) is 0. The van der Waals surface area contributed by atoms with Gasteiger partial charge in [-0.3, -0.25) is 0 Å². The molecule has 2 aromatic rings. The van der Waals surface area contributed by atoms with Gasteiger partial charge >= 0.3 is 0 Å². The lowest BCUT2D eigenvalue weighted by atomic mass is 10.2. The minimum absolute atomic E-state index is 0.00537. The quantitative estimate of drug-likeness (QED) is 0.818. The summed E-state index contributed by atoms with van der Waals surface area (Å²) >= 11 is 6.15. The van der Waals surface area contributed by atoms with Gasteiger partial charge < -0.3 is 10.5 Å². The van der Waals surface area contributed by atoms with E-state index in [-0.39, 0.29) is 22.5 Å². The largest absolute Gasteiger partial charge is 0.454 e. The molecule has 19 heavy (non-hydrogen) atoms. The van der Waals surface area contributed by atoms with Crippen LogP contribution in [-0.4, -0.2) is 0 Å². The number of nitrogens with two attached hydrogens (primary N) is 1. The Balaban J connectivity index is 2.33. The zero-order valence-electron chi connectivity index (χ0n) is 9.59. The summed E-state index contributed by atoms with van der Waals surface area (Å²) in [4.78, 5) is 0. The fourth-order valence-corrected chi connectivity index (χ4v) is 2.21. The van der Waals surface area contributed by atoms with Crippen molar-refractivity contribution in [2.75, 3.05) is 0 Å². The van der Waals surface area contributed by atoms with Crippen molar-refractivity contribution < 1.29 is 13.5 Å². The molecule has 100 valence electrons. The van der Waals surface area contributed by atoms with E-state index in [1.54, 1.807) is 6.07 Å². The predicted octanol–water partition coefficient (Wildman–Crippen LogP) is 4.74. The van der Waals surface area contributed by atoms with Crippen LogP contribution in [0.5, 0.6) is 11.5 Å². The van der Waals surface area contributed by atoms with E-state index in [0.29, 0.717) is 10.0 Å². The van der Waals surface area contributed by atoms with Gasteiger partial charge in [0.2, 0.25) is 0 Å². The lowest BCUT2D eigenvalue weighted by Crippen LogP contribution is -2.00. The summed E-state index contributed by atoms with van der Waals surface area (Å²) < 4.78 is 33.2. The molecule has 0 saturated carbocycles. The molecule has 0 amide bonds. The third-order valence-electron chi connectivity index (χ3n) is 2.47. The standard InChI is InChI=1S/C13H9Br2F2NO/c14-9-3-2-8(5-10(9)16)19-11-4-1-7(6-18)12(15)13(11)17/h1-5H,6,18H2. The first-order valence-corrected chi connectivity index (χ1v) is 6.91. The maximum absolute atomic E-state index is 14.0. The second kappa shape index (κ2) is 5.98. The van der Waals surface area contributed by atoms with Crippen molar-refractivity contribution in [3.8, 4) is 11.5 Å². The third-order valence-corrected chi connectivity index (χ3v) is 3.97. The highest BCUT2D eigenvalue weighted by Gasteiger charge is 2.13. The molecule has 0 spiro atoms. The molecule has 0 aliphatic rings. The Morgan fingerprint density at radius 1 is 1.11 bits per heavy atom. The molecular weight excluding hydrogens is 384 g/mol. The summed E-state index contributed by atoms with van der Waals surface area (Å²) in [5.41, 5.74) is 6.10. The number of benzene rings is 2. The van der Waals surface area contributed by atoms with Gasteiger partial charge in [-0.25, -0.2) is 8.78 Å². The lowest BCUT2D eigenvalue weighted by molar-refractivity contribution is 0.436. The molecular formula is C13H9Br2F2NO. The minimum atomic E-state index is -0.564. The van der Waals surface area contributed by atoms with Crippen LogP contribution >= 0.6 is 31.9 Å². The summed E-state index contributed by atoms with van der Waals surface area (Å²) in [6.45, 7) is 0.213. The molecule has 0 fully saturated rings. The minimum Gasteiger partial charge on any atom is -0.454 e. The first-order valence-electron chi connectivity index (χ1n) is 5.32.